The highest BCUT2D eigenvalue weighted by atomic mass is 16.4. The molecule has 0 radical (unpaired) electrons. The van der Waals surface area contributed by atoms with Crippen molar-refractivity contribution in [1.82, 2.24) is 10.2 Å². The van der Waals surface area contributed by atoms with Crippen molar-refractivity contribution in [2.75, 3.05) is 6.54 Å². The van der Waals surface area contributed by atoms with Crippen molar-refractivity contribution >= 4 is 23.8 Å². The Labute approximate surface area is 210 Å². The lowest BCUT2D eigenvalue weighted by Gasteiger charge is -2.31. The summed E-state index contributed by atoms with van der Waals surface area (Å²) in [5, 5.41) is 21.9. The van der Waals surface area contributed by atoms with Crippen LogP contribution in [-0.2, 0) is 25.6 Å². The SMILES string of the molecule is O=C(O)CC1(C(=O)NC(Cc2ccc(-c3ccccc3)cc2)C(=O)N2CCCC2C(=O)O)CCCC1. The van der Waals surface area contributed by atoms with Gasteiger partial charge in [-0.05, 0) is 42.4 Å². The monoisotopic (exact) mass is 492 g/mol. The van der Waals surface area contributed by atoms with Crippen LogP contribution in [0.3, 0.4) is 0 Å². The summed E-state index contributed by atoms with van der Waals surface area (Å²) < 4.78 is 0. The number of carbonyl (C=O) groups is 4. The number of hydrogen-bond acceptors (Lipinski definition) is 4. The van der Waals surface area contributed by atoms with Gasteiger partial charge in [-0.1, -0.05) is 67.4 Å². The minimum Gasteiger partial charge on any atom is -0.481 e. The van der Waals surface area contributed by atoms with Crippen molar-refractivity contribution in [3.05, 3.63) is 60.2 Å². The van der Waals surface area contributed by atoms with E-state index >= 15 is 0 Å². The molecule has 3 N–H and O–H groups in total. The zero-order valence-electron chi connectivity index (χ0n) is 20.2. The van der Waals surface area contributed by atoms with E-state index < -0.39 is 41.3 Å². The Morgan fingerprint density at radius 1 is 0.917 bits per heavy atom. The zero-order valence-corrected chi connectivity index (χ0v) is 20.2. The van der Waals surface area contributed by atoms with Crippen LogP contribution in [0.15, 0.2) is 54.6 Å². The number of likely N-dealkylation sites (tertiary alicyclic amines) is 1. The Bertz CT molecular complexity index is 1110. The van der Waals surface area contributed by atoms with E-state index in [9.17, 15) is 29.4 Å². The first-order chi connectivity index (χ1) is 17.3. The number of rotatable bonds is 9. The summed E-state index contributed by atoms with van der Waals surface area (Å²) in [6.07, 6.45) is 3.28. The highest BCUT2D eigenvalue weighted by Crippen LogP contribution is 2.41. The molecule has 2 aliphatic rings. The Morgan fingerprint density at radius 3 is 2.17 bits per heavy atom. The summed E-state index contributed by atoms with van der Waals surface area (Å²) in [4.78, 5) is 51.6. The molecule has 4 rings (SSSR count). The van der Waals surface area contributed by atoms with Gasteiger partial charge in [0.05, 0.1) is 11.8 Å². The molecule has 2 fully saturated rings. The van der Waals surface area contributed by atoms with Gasteiger partial charge >= 0.3 is 11.9 Å². The molecule has 8 nitrogen and oxygen atoms in total. The van der Waals surface area contributed by atoms with Gasteiger partial charge in [-0.2, -0.15) is 0 Å². The first-order valence-corrected chi connectivity index (χ1v) is 12.5. The van der Waals surface area contributed by atoms with Gasteiger partial charge in [0.15, 0.2) is 0 Å². The lowest BCUT2D eigenvalue weighted by molar-refractivity contribution is -0.150. The number of nitrogens with one attached hydrogen (secondary N) is 1. The second-order valence-electron chi connectivity index (χ2n) is 9.88. The van der Waals surface area contributed by atoms with E-state index in [4.69, 9.17) is 0 Å². The summed E-state index contributed by atoms with van der Waals surface area (Å²) in [7, 11) is 0. The molecular weight excluding hydrogens is 460 g/mol. The lowest BCUT2D eigenvalue weighted by Crippen LogP contribution is -2.55. The number of carboxylic acids is 2. The van der Waals surface area contributed by atoms with Crippen LogP contribution in [-0.4, -0.2) is 57.5 Å². The maximum atomic E-state index is 13.6. The van der Waals surface area contributed by atoms with Gasteiger partial charge in [0, 0.05) is 13.0 Å². The molecule has 1 aliphatic carbocycles. The quantitative estimate of drug-likeness (QED) is 0.492. The fourth-order valence-corrected chi connectivity index (χ4v) is 5.52. The van der Waals surface area contributed by atoms with Gasteiger partial charge in [-0.3, -0.25) is 14.4 Å². The molecule has 1 saturated heterocycles. The Morgan fingerprint density at radius 2 is 1.56 bits per heavy atom. The molecule has 2 unspecified atom stereocenters. The van der Waals surface area contributed by atoms with Crippen molar-refractivity contribution in [1.29, 1.82) is 0 Å². The fourth-order valence-electron chi connectivity index (χ4n) is 5.52. The first-order valence-electron chi connectivity index (χ1n) is 12.5. The van der Waals surface area contributed by atoms with Crippen LogP contribution in [0.25, 0.3) is 11.1 Å². The minimum atomic E-state index is -1.06. The minimum absolute atomic E-state index is 0.186. The van der Waals surface area contributed by atoms with E-state index in [-0.39, 0.29) is 12.8 Å². The van der Waals surface area contributed by atoms with E-state index in [1.807, 2.05) is 54.6 Å². The third-order valence-electron chi connectivity index (χ3n) is 7.46. The van der Waals surface area contributed by atoms with Crippen LogP contribution >= 0.6 is 0 Å². The molecule has 1 heterocycles. The van der Waals surface area contributed by atoms with Crippen LogP contribution in [0, 0.1) is 5.41 Å². The van der Waals surface area contributed by atoms with Gasteiger partial charge in [-0.25, -0.2) is 4.79 Å². The van der Waals surface area contributed by atoms with Gasteiger partial charge in [-0.15, -0.1) is 0 Å². The second-order valence-corrected chi connectivity index (χ2v) is 9.88. The van der Waals surface area contributed by atoms with Crippen molar-refractivity contribution in [3.8, 4) is 11.1 Å². The fraction of sp³-hybridized carbons (Fsp3) is 0.429. The zero-order chi connectivity index (χ0) is 25.7. The summed E-state index contributed by atoms with van der Waals surface area (Å²) in [6, 6.07) is 15.7. The summed E-state index contributed by atoms with van der Waals surface area (Å²) >= 11 is 0. The highest BCUT2D eigenvalue weighted by Gasteiger charge is 2.45. The Kier molecular flexibility index (Phi) is 7.72. The van der Waals surface area contributed by atoms with E-state index in [2.05, 4.69) is 5.32 Å². The maximum Gasteiger partial charge on any atom is 0.326 e. The maximum absolute atomic E-state index is 13.6. The molecule has 2 aromatic rings. The predicted octanol–water partition coefficient (Wildman–Crippen LogP) is 3.49. The largest absolute Gasteiger partial charge is 0.481 e. The van der Waals surface area contributed by atoms with E-state index in [1.165, 1.54) is 4.90 Å². The molecule has 0 aromatic heterocycles. The van der Waals surface area contributed by atoms with Crippen molar-refractivity contribution in [2.24, 2.45) is 5.41 Å². The molecular formula is C28H32N2O6. The molecule has 8 heteroatoms. The molecule has 36 heavy (non-hydrogen) atoms. The molecule has 2 aromatic carbocycles. The Hall–Kier alpha value is -3.68. The molecule has 0 bridgehead atoms. The van der Waals surface area contributed by atoms with Crippen molar-refractivity contribution in [3.63, 3.8) is 0 Å². The molecule has 2 atom stereocenters. The smallest absolute Gasteiger partial charge is 0.326 e. The number of carbonyl (C=O) groups excluding carboxylic acids is 2. The number of hydrogen-bond donors (Lipinski definition) is 3. The molecule has 190 valence electrons. The highest BCUT2D eigenvalue weighted by molar-refractivity contribution is 5.94. The normalized spacial score (nSPS) is 19.6. The average molecular weight is 493 g/mol. The van der Waals surface area contributed by atoms with Crippen LogP contribution < -0.4 is 5.32 Å². The van der Waals surface area contributed by atoms with E-state index in [0.717, 1.165) is 29.5 Å². The molecule has 0 spiro atoms. The van der Waals surface area contributed by atoms with Gasteiger partial charge in [0.1, 0.15) is 12.1 Å². The predicted molar refractivity (Wildman–Crippen MR) is 133 cm³/mol. The van der Waals surface area contributed by atoms with Crippen molar-refractivity contribution < 1.29 is 29.4 Å². The number of carboxylic acid groups (broad SMARTS) is 2. The molecule has 2 amide bonds. The van der Waals surface area contributed by atoms with Crippen molar-refractivity contribution in [2.45, 2.75) is 63.5 Å². The third-order valence-corrected chi connectivity index (χ3v) is 7.46. The first kappa shape index (κ1) is 25.4. The summed E-state index contributed by atoms with van der Waals surface area (Å²) in [6.45, 7) is 0.315. The van der Waals surface area contributed by atoms with Crippen LogP contribution in [0.1, 0.15) is 50.5 Å². The lowest BCUT2D eigenvalue weighted by atomic mass is 9.81. The second kappa shape index (κ2) is 10.9. The van der Waals surface area contributed by atoms with E-state index in [1.54, 1.807) is 0 Å². The molecule has 1 aliphatic heterocycles. The number of nitrogens with zero attached hydrogens (tertiary/aromatic N) is 1. The average Bonchev–Trinajstić information content (AvgIpc) is 3.54. The van der Waals surface area contributed by atoms with Gasteiger partial charge in [0.2, 0.25) is 11.8 Å². The summed E-state index contributed by atoms with van der Waals surface area (Å²) in [5.41, 5.74) is 1.85. The number of benzene rings is 2. The molecule has 1 saturated carbocycles. The topological polar surface area (TPSA) is 124 Å². The van der Waals surface area contributed by atoms with Crippen LogP contribution in [0.2, 0.25) is 0 Å². The number of aliphatic carboxylic acids is 2. The van der Waals surface area contributed by atoms with Crippen LogP contribution in [0.4, 0.5) is 0 Å². The van der Waals surface area contributed by atoms with Gasteiger partial charge < -0.3 is 20.4 Å². The Balaban J connectivity index is 1.58. The van der Waals surface area contributed by atoms with E-state index in [0.29, 0.717) is 32.2 Å². The standard InChI is InChI=1S/C28H32N2O6/c31-24(32)18-28(14-4-5-15-28)27(36)29-22(25(33)30-16-6-9-23(30)26(34)35)17-19-10-12-21(13-11-19)20-7-2-1-3-8-20/h1-3,7-8,10-13,22-23H,4-6,9,14-18H2,(H,29,36)(H,31,32)(H,34,35). The third kappa shape index (κ3) is 5.58. The number of amides is 2. The summed E-state index contributed by atoms with van der Waals surface area (Å²) in [5.74, 6) is -2.98. The van der Waals surface area contributed by atoms with Crippen LogP contribution in [0.5, 0.6) is 0 Å². The van der Waals surface area contributed by atoms with Gasteiger partial charge in [0.25, 0.3) is 0 Å².